The summed E-state index contributed by atoms with van der Waals surface area (Å²) in [5, 5.41) is 15.0. The van der Waals surface area contributed by atoms with Gasteiger partial charge < -0.3 is 5.32 Å². The van der Waals surface area contributed by atoms with Crippen LogP contribution in [0.3, 0.4) is 0 Å². The van der Waals surface area contributed by atoms with Gasteiger partial charge in [-0.3, -0.25) is 4.79 Å². The molecule has 0 bridgehead atoms. The van der Waals surface area contributed by atoms with E-state index >= 15 is 0 Å². The summed E-state index contributed by atoms with van der Waals surface area (Å²) in [7, 11) is 0. The molecular weight excluding hydrogens is 452 g/mol. The normalized spacial score (nSPS) is 11.2. The molecule has 29 heavy (non-hydrogen) atoms. The maximum absolute atomic E-state index is 13.0. The molecule has 0 saturated carbocycles. The second kappa shape index (κ2) is 7.95. The van der Waals surface area contributed by atoms with Crippen LogP contribution in [0.15, 0.2) is 42.5 Å². The quantitative estimate of drug-likeness (QED) is 0.524. The second-order valence-electron chi connectivity index (χ2n) is 5.66. The number of anilines is 1. The Bertz CT molecular complexity index is 1130. The van der Waals surface area contributed by atoms with Crippen molar-refractivity contribution in [1.82, 2.24) is 9.78 Å². The molecule has 148 valence electrons. The number of carbonyl (C=O) groups excluding carboxylic acids is 1. The van der Waals surface area contributed by atoms with Gasteiger partial charge in [0.05, 0.1) is 26.2 Å². The van der Waals surface area contributed by atoms with Gasteiger partial charge >= 0.3 is 6.18 Å². The molecule has 5 nitrogen and oxygen atoms in total. The van der Waals surface area contributed by atoms with E-state index in [9.17, 15) is 18.0 Å². The van der Waals surface area contributed by atoms with Crippen molar-refractivity contribution in [3.8, 4) is 11.8 Å². The first-order chi connectivity index (χ1) is 13.6. The Morgan fingerprint density at radius 3 is 2.24 bits per heavy atom. The molecule has 1 aromatic heterocycles. The topological polar surface area (TPSA) is 70.7 Å². The third kappa shape index (κ3) is 4.32. The smallest absolute Gasteiger partial charge is 0.306 e. The van der Waals surface area contributed by atoms with Crippen molar-refractivity contribution in [2.45, 2.75) is 6.18 Å². The summed E-state index contributed by atoms with van der Waals surface area (Å²) in [6.07, 6.45) is -4.66. The van der Waals surface area contributed by atoms with Crippen molar-refractivity contribution >= 4 is 46.5 Å². The van der Waals surface area contributed by atoms with E-state index in [0.717, 1.165) is 4.68 Å². The van der Waals surface area contributed by atoms with E-state index in [1.54, 1.807) is 18.2 Å². The molecule has 0 spiro atoms. The van der Waals surface area contributed by atoms with Gasteiger partial charge in [-0.15, -0.1) is 0 Å². The number of hydrogen-bond donors (Lipinski definition) is 1. The van der Waals surface area contributed by atoms with E-state index in [0.29, 0.717) is 12.1 Å². The zero-order valence-corrected chi connectivity index (χ0v) is 16.3. The number of hydrogen-bond acceptors (Lipinski definition) is 3. The van der Waals surface area contributed by atoms with Crippen LogP contribution >= 0.6 is 34.8 Å². The summed E-state index contributed by atoms with van der Waals surface area (Å²) in [6.45, 7) is 0. The highest BCUT2D eigenvalue weighted by Crippen LogP contribution is 2.38. The van der Waals surface area contributed by atoms with Crippen molar-refractivity contribution in [1.29, 1.82) is 5.26 Å². The minimum absolute atomic E-state index is 0.0324. The number of amides is 1. The summed E-state index contributed by atoms with van der Waals surface area (Å²) in [6, 6.07) is 10.6. The fraction of sp³-hybridized carbons (Fsp3) is 0.0556. The van der Waals surface area contributed by atoms with Gasteiger partial charge in [-0.05, 0) is 24.3 Å². The number of nitriles is 1. The van der Waals surface area contributed by atoms with Crippen LogP contribution in [0.4, 0.5) is 19.0 Å². The highest BCUT2D eigenvalue weighted by Gasteiger charge is 2.32. The zero-order valence-electron chi connectivity index (χ0n) is 14.1. The highest BCUT2D eigenvalue weighted by molar-refractivity contribution is 6.38. The molecule has 11 heteroatoms. The van der Waals surface area contributed by atoms with Crippen molar-refractivity contribution in [2.75, 3.05) is 5.32 Å². The summed E-state index contributed by atoms with van der Waals surface area (Å²) in [4.78, 5) is 12.5. The van der Waals surface area contributed by atoms with Crippen LogP contribution < -0.4 is 5.32 Å². The molecule has 3 rings (SSSR count). The highest BCUT2D eigenvalue weighted by atomic mass is 35.5. The first-order valence-electron chi connectivity index (χ1n) is 7.74. The average molecular weight is 460 g/mol. The number of carbonyl (C=O) groups is 1. The molecule has 0 atom stereocenters. The van der Waals surface area contributed by atoms with Gasteiger partial charge in [0.15, 0.2) is 5.69 Å². The van der Waals surface area contributed by atoms with E-state index < -0.39 is 17.6 Å². The maximum atomic E-state index is 13.0. The molecule has 0 saturated heterocycles. The third-order valence-electron chi connectivity index (χ3n) is 3.74. The Hall–Kier alpha value is -2.73. The summed E-state index contributed by atoms with van der Waals surface area (Å²) in [5.74, 6) is -0.657. The minimum Gasteiger partial charge on any atom is -0.306 e. The van der Waals surface area contributed by atoms with Gasteiger partial charge in [-0.2, -0.15) is 23.5 Å². The Morgan fingerprint density at radius 1 is 1.07 bits per heavy atom. The molecule has 2 aromatic carbocycles. The predicted octanol–water partition coefficient (Wildman–Crippen LogP) is 5.98. The van der Waals surface area contributed by atoms with Crippen LogP contribution in [0.1, 0.15) is 21.6 Å². The fourth-order valence-corrected chi connectivity index (χ4v) is 3.32. The molecular formula is C18H8Cl3F3N4O. The van der Waals surface area contributed by atoms with Crippen molar-refractivity contribution < 1.29 is 18.0 Å². The summed E-state index contributed by atoms with van der Waals surface area (Å²) < 4.78 is 39.9. The number of nitrogens with zero attached hydrogens (tertiary/aromatic N) is 3. The Labute approximate surface area is 177 Å². The van der Waals surface area contributed by atoms with Crippen LogP contribution in [0.2, 0.25) is 15.1 Å². The largest absolute Gasteiger partial charge is 0.416 e. The van der Waals surface area contributed by atoms with Gasteiger partial charge in [0.25, 0.3) is 5.91 Å². The monoisotopic (exact) mass is 458 g/mol. The van der Waals surface area contributed by atoms with Gasteiger partial charge in [0.2, 0.25) is 0 Å². The number of aromatic nitrogens is 2. The number of halogens is 6. The Morgan fingerprint density at radius 2 is 1.69 bits per heavy atom. The van der Waals surface area contributed by atoms with E-state index in [1.165, 1.54) is 18.2 Å². The summed E-state index contributed by atoms with van der Waals surface area (Å²) >= 11 is 18.0. The molecule has 0 aliphatic rings. The molecule has 1 N–H and O–H groups in total. The van der Waals surface area contributed by atoms with Gasteiger partial charge in [-0.1, -0.05) is 46.9 Å². The zero-order chi connectivity index (χ0) is 21.3. The lowest BCUT2D eigenvalue weighted by molar-refractivity contribution is -0.137. The first kappa shape index (κ1) is 21.0. The van der Waals surface area contributed by atoms with Crippen LogP contribution in [0.25, 0.3) is 5.69 Å². The lowest BCUT2D eigenvalue weighted by Gasteiger charge is -2.15. The molecule has 1 heterocycles. The SMILES string of the molecule is N#Cc1cc(NC(=O)c2ccccc2Cl)n(-c2c(Cl)cc(C(F)(F)F)cc2Cl)n1. The molecule has 0 radical (unpaired) electrons. The van der Waals surface area contributed by atoms with E-state index in [1.807, 2.05) is 0 Å². The third-order valence-corrected chi connectivity index (χ3v) is 4.65. The Kier molecular flexibility index (Phi) is 5.75. The Balaban J connectivity index is 2.08. The van der Waals surface area contributed by atoms with Crippen molar-refractivity contribution in [2.24, 2.45) is 0 Å². The summed E-state index contributed by atoms with van der Waals surface area (Å²) in [5.41, 5.74) is -1.15. The van der Waals surface area contributed by atoms with Gasteiger partial charge in [0.1, 0.15) is 17.6 Å². The molecule has 1 amide bonds. The fourth-order valence-electron chi connectivity index (χ4n) is 2.46. The van der Waals surface area contributed by atoms with E-state index in [-0.39, 0.29) is 37.8 Å². The van der Waals surface area contributed by atoms with Crippen LogP contribution in [-0.2, 0) is 6.18 Å². The number of rotatable bonds is 3. The molecule has 0 aliphatic heterocycles. The molecule has 3 aromatic rings. The first-order valence-corrected chi connectivity index (χ1v) is 8.88. The predicted molar refractivity (Wildman–Crippen MR) is 103 cm³/mol. The van der Waals surface area contributed by atoms with Crippen molar-refractivity contribution in [3.63, 3.8) is 0 Å². The van der Waals surface area contributed by atoms with E-state index in [4.69, 9.17) is 40.1 Å². The van der Waals surface area contributed by atoms with Crippen molar-refractivity contribution in [3.05, 3.63) is 74.4 Å². The molecule has 0 fully saturated rings. The molecule has 0 unspecified atom stereocenters. The van der Waals surface area contributed by atoms with E-state index in [2.05, 4.69) is 10.4 Å². The molecule has 0 aliphatic carbocycles. The number of benzene rings is 2. The number of nitrogens with one attached hydrogen (secondary N) is 1. The van der Waals surface area contributed by atoms with Crippen LogP contribution in [0.5, 0.6) is 0 Å². The lowest BCUT2D eigenvalue weighted by Crippen LogP contribution is -2.16. The second-order valence-corrected chi connectivity index (χ2v) is 6.88. The maximum Gasteiger partial charge on any atom is 0.416 e. The average Bonchev–Trinajstić information content (AvgIpc) is 3.03. The standard InChI is InChI=1S/C18H8Cl3F3N4O/c19-12-4-2-1-3-11(12)17(29)26-15-7-10(8-25)27-28(15)16-13(20)5-9(6-14(16)21)18(22,23)24/h1-7H,(H,26,29). The van der Waals surface area contributed by atoms with Gasteiger partial charge in [-0.25, -0.2) is 4.68 Å². The van der Waals surface area contributed by atoms with Gasteiger partial charge in [0, 0.05) is 6.07 Å². The van der Waals surface area contributed by atoms with Crippen LogP contribution in [0, 0.1) is 11.3 Å². The van der Waals surface area contributed by atoms with Crippen LogP contribution in [-0.4, -0.2) is 15.7 Å². The lowest BCUT2D eigenvalue weighted by atomic mass is 10.2. The number of alkyl halides is 3. The minimum atomic E-state index is -4.66.